The van der Waals surface area contributed by atoms with Crippen LogP contribution >= 0.6 is 11.8 Å². The number of rotatable bonds is 6. The van der Waals surface area contributed by atoms with Crippen LogP contribution in [0, 0.1) is 18.6 Å². The van der Waals surface area contributed by atoms with Crippen molar-refractivity contribution in [2.45, 2.75) is 19.1 Å². The van der Waals surface area contributed by atoms with Gasteiger partial charge in [0, 0.05) is 11.8 Å². The van der Waals surface area contributed by atoms with Gasteiger partial charge in [0.05, 0.1) is 16.7 Å². The molecule has 4 nitrogen and oxygen atoms in total. The number of benzene rings is 2. The molecule has 0 saturated carbocycles. The van der Waals surface area contributed by atoms with Crippen LogP contribution < -0.4 is 10.6 Å². The summed E-state index contributed by atoms with van der Waals surface area (Å²) in [6.07, 6.45) is 0. The van der Waals surface area contributed by atoms with Crippen LogP contribution in [0.1, 0.15) is 12.5 Å². The molecule has 1 unspecified atom stereocenters. The van der Waals surface area contributed by atoms with Crippen LogP contribution in [-0.2, 0) is 9.59 Å². The van der Waals surface area contributed by atoms with Gasteiger partial charge in [-0.25, -0.2) is 8.78 Å². The van der Waals surface area contributed by atoms with E-state index in [2.05, 4.69) is 10.6 Å². The van der Waals surface area contributed by atoms with Gasteiger partial charge in [0.2, 0.25) is 11.8 Å². The zero-order chi connectivity index (χ0) is 18.4. The SMILES string of the molecule is Cc1ccc(NC(=O)CSC(C)C(=O)Nc2cc(F)ccc2F)cc1. The predicted molar refractivity (Wildman–Crippen MR) is 96.7 cm³/mol. The molecular weight excluding hydrogens is 346 g/mol. The van der Waals surface area contributed by atoms with Crippen molar-refractivity contribution in [3.63, 3.8) is 0 Å². The Morgan fingerprint density at radius 3 is 2.44 bits per heavy atom. The minimum Gasteiger partial charge on any atom is -0.325 e. The molecule has 0 spiro atoms. The molecule has 0 fully saturated rings. The van der Waals surface area contributed by atoms with Crippen LogP contribution in [0.2, 0.25) is 0 Å². The summed E-state index contributed by atoms with van der Waals surface area (Å²) in [4.78, 5) is 23.9. The second-order valence-corrected chi connectivity index (χ2v) is 6.81. The molecule has 132 valence electrons. The summed E-state index contributed by atoms with van der Waals surface area (Å²) in [6, 6.07) is 10.2. The molecule has 2 amide bonds. The Morgan fingerprint density at radius 2 is 1.76 bits per heavy atom. The minimum atomic E-state index is -0.718. The van der Waals surface area contributed by atoms with Crippen molar-refractivity contribution in [3.05, 3.63) is 59.7 Å². The quantitative estimate of drug-likeness (QED) is 0.815. The number of hydrogen-bond acceptors (Lipinski definition) is 3. The lowest BCUT2D eigenvalue weighted by Gasteiger charge is -2.12. The number of carbonyl (C=O) groups is 2. The third-order valence-corrected chi connectivity index (χ3v) is 4.50. The number of anilines is 2. The van der Waals surface area contributed by atoms with Gasteiger partial charge in [-0.05, 0) is 38.1 Å². The smallest absolute Gasteiger partial charge is 0.237 e. The second kappa shape index (κ2) is 8.62. The zero-order valence-electron chi connectivity index (χ0n) is 13.8. The molecule has 1 atom stereocenters. The lowest BCUT2D eigenvalue weighted by Crippen LogP contribution is -2.25. The molecule has 2 N–H and O–H groups in total. The first kappa shape index (κ1) is 18.9. The first-order chi connectivity index (χ1) is 11.8. The van der Waals surface area contributed by atoms with Crippen molar-refractivity contribution in [1.29, 1.82) is 0 Å². The number of carbonyl (C=O) groups excluding carboxylic acids is 2. The van der Waals surface area contributed by atoms with Gasteiger partial charge in [-0.1, -0.05) is 17.7 Å². The fourth-order valence-electron chi connectivity index (χ4n) is 1.94. The van der Waals surface area contributed by atoms with Gasteiger partial charge in [0.25, 0.3) is 0 Å². The lowest BCUT2D eigenvalue weighted by molar-refractivity contribution is -0.115. The molecule has 0 aliphatic rings. The van der Waals surface area contributed by atoms with E-state index in [1.54, 1.807) is 19.1 Å². The van der Waals surface area contributed by atoms with E-state index in [9.17, 15) is 18.4 Å². The largest absolute Gasteiger partial charge is 0.325 e. The summed E-state index contributed by atoms with van der Waals surface area (Å²) in [5.74, 6) is -2.05. The standard InChI is InChI=1S/C18H18F2N2O2S/c1-11-3-6-14(7-4-11)21-17(23)10-25-12(2)18(24)22-16-9-13(19)5-8-15(16)20/h3-9,12H,10H2,1-2H3,(H,21,23)(H,22,24). The molecule has 0 heterocycles. The summed E-state index contributed by atoms with van der Waals surface area (Å²) in [5, 5.41) is 4.45. The van der Waals surface area contributed by atoms with Gasteiger partial charge in [0.1, 0.15) is 11.6 Å². The predicted octanol–water partition coefficient (Wildman–Crippen LogP) is 3.97. The first-order valence-electron chi connectivity index (χ1n) is 7.59. The van der Waals surface area contributed by atoms with E-state index in [4.69, 9.17) is 0 Å². The number of thioether (sulfide) groups is 1. The van der Waals surface area contributed by atoms with Crippen LogP contribution in [0.25, 0.3) is 0 Å². The summed E-state index contributed by atoms with van der Waals surface area (Å²) in [6.45, 7) is 3.54. The molecule has 7 heteroatoms. The molecule has 2 rings (SSSR count). The van der Waals surface area contributed by atoms with Gasteiger partial charge in [-0.15, -0.1) is 11.8 Å². The molecule has 0 aromatic heterocycles. The maximum atomic E-state index is 13.5. The second-order valence-electron chi connectivity index (χ2n) is 5.48. The van der Waals surface area contributed by atoms with Crippen LogP contribution in [0.15, 0.2) is 42.5 Å². The van der Waals surface area contributed by atoms with E-state index in [1.807, 2.05) is 19.1 Å². The molecule has 0 saturated heterocycles. The first-order valence-corrected chi connectivity index (χ1v) is 8.64. The fourth-order valence-corrected chi connectivity index (χ4v) is 2.62. The van der Waals surface area contributed by atoms with Gasteiger partial charge >= 0.3 is 0 Å². The normalized spacial score (nSPS) is 11.7. The van der Waals surface area contributed by atoms with E-state index in [0.717, 1.165) is 35.5 Å². The van der Waals surface area contributed by atoms with Crippen LogP contribution in [0.5, 0.6) is 0 Å². The molecule has 25 heavy (non-hydrogen) atoms. The fraction of sp³-hybridized carbons (Fsp3) is 0.222. The highest BCUT2D eigenvalue weighted by atomic mass is 32.2. The Kier molecular flexibility index (Phi) is 6.52. The third-order valence-electron chi connectivity index (χ3n) is 3.36. The highest BCUT2D eigenvalue weighted by molar-refractivity contribution is 8.01. The Balaban J connectivity index is 1.83. The maximum absolute atomic E-state index is 13.5. The Morgan fingerprint density at radius 1 is 1.08 bits per heavy atom. The molecule has 0 bridgehead atoms. The number of halogens is 2. The topological polar surface area (TPSA) is 58.2 Å². The number of amides is 2. The molecule has 0 aliphatic heterocycles. The average Bonchev–Trinajstić information content (AvgIpc) is 2.58. The van der Waals surface area contributed by atoms with Gasteiger partial charge in [-0.2, -0.15) is 0 Å². The van der Waals surface area contributed by atoms with Gasteiger partial charge in [0.15, 0.2) is 0 Å². The van der Waals surface area contributed by atoms with Crippen molar-refractivity contribution in [2.24, 2.45) is 0 Å². The number of aryl methyl sites for hydroxylation is 1. The van der Waals surface area contributed by atoms with E-state index in [0.29, 0.717) is 5.69 Å². The van der Waals surface area contributed by atoms with Crippen molar-refractivity contribution in [1.82, 2.24) is 0 Å². The minimum absolute atomic E-state index is 0.0636. The van der Waals surface area contributed by atoms with E-state index >= 15 is 0 Å². The number of hydrogen-bond donors (Lipinski definition) is 2. The van der Waals surface area contributed by atoms with Gasteiger partial charge < -0.3 is 10.6 Å². The van der Waals surface area contributed by atoms with Crippen molar-refractivity contribution in [2.75, 3.05) is 16.4 Å². The molecular formula is C18H18F2N2O2S. The monoisotopic (exact) mass is 364 g/mol. The van der Waals surface area contributed by atoms with Crippen molar-refractivity contribution in [3.8, 4) is 0 Å². The third kappa shape index (κ3) is 5.86. The molecule has 0 radical (unpaired) electrons. The van der Waals surface area contributed by atoms with E-state index in [-0.39, 0.29) is 17.3 Å². The number of nitrogens with one attached hydrogen (secondary N) is 2. The summed E-state index contributed by atoms with van der Waals surface area (Å²) < 4.78 is 26.6. The zero-order valence-corrected chi connectivity index (χ0v) is 14.6. The Hall–Kier alpha value is -2.41. The summed E-state index contributed by atoms with van der Waals surface area (Å²) in [5.41, 5.74) is 1.54. The van der Waals surface area contributed by atoms with Crippen LogP contribution in [0.3, 0.4) is 0 Å². The average molecular weight is 364 g/mol. The Bertz CT molecular complexity index is 766. The highest BCUT2D eigenvalue weighted by Gasteiger charge is 2.17. The van der Waals surface area contributed by atoms with E-state index < -0.39 is 22.8 Å². The van der Waals surface area contributed by atoms with E-state index in [1.165, 1.54) is 0 Å². The summed E-state index contributed by atoms with van der Waals surface area (Å²) >= 11 is 1.10. The van der Waals surface area contributed by atoms with Crippen molar-refractivity contribution >= 4 is 35.0 Å². The summed E-state index contributed by atoms with van der Waals surface area (Å²) in [7, 11) is 0. The van der Waals surface area contributed by atoms with Crippen LogP contribution in [-0.4, -0.2) is 22.8 Å². The Labute approximate surface area is 149 Å². The molecule has 2 aromatic carbocycles. The highest BCUT2D eigenvalue weighted by Crippen LogP contribution is 2.18. The molecule has 0 aliphatic carbocycles. The lowest BCUT2D eigenvalue weighted by atomic mass is 10.2. The molecule has 2 aromatic rings. The van der Waals surface area contributed by atoms with Gasteiger partial charge in [-0.3, -0.25) is 9.59 Å². The van der Waals surface area contributed by atoms with Crippen LogP contribution in [0.4, 0.5) is 20.2 Å². The maximum Gasteiger partial charge on any atom is 0.237 e. The van der Waals surface area contributed by atoms with Crippen molar-refractivity contribution < 1.29 is 18.4 Å².